The summed E-state index contributed by atoms with van der Waals surface area (Å²) in [5.74, 6) is 1.11. The van der Waals surface area contributed by atoms with E-state index >= 15 is 0 Å². The van der Waals surface area contributed by atoms with Crippen molar-refractivity contribution in [2.45, 2.75) is 13.3 Å². The first kappa shape index (κ1) is 22.5. The molecule has 1 fully saturated rings. The van der Waals surface area contributed by atoms with Crippen LogP contribution in [0.1, 0.15) is 22.7 Å². The summed E-state index contributed by atoms with van der Waals surface area (Å²) in [5, 5.41) is 11.5. The topological polar surface area (TPSA) is 93.0 Å². The van der Waals surface area contributed by atoms with Crippen molar-refractivity contribution in [2.24, 2.45) is 0 Å². The van der Waals surface area contributed by atoms with Crippen LogP contribution in [0.5, 0.6) is 11.5 Å². The molecule has 0 spiro atoms. The van der Waals surface area contributed by atoms with Crippen LogP contribution in [-0.2, 0) is 0 Å². The minimum atomic E-state index is -0.374. The van der Waals surface area contributed by atoms with Gasteiger partial charge in [-0.05, 0) is 55.8 Å². The normalized spacial score (nSPS) is 15.5. The van der Waals surface area contributed by atoms with Gasteiger partial charge < -0.3 is 24.1 Å². The fourth-order valence-electron chi connectivity index (χ4n) is 4.18. The third-order valence-corrected chi connectivity index (χ3v) is 6.29. The molecule has 0 atom stereocenters. The Morgan fingerprint density at radius 1 is 1.06 bits per heavy atom. The lowest BCUT2D eigenvalue weighted by atomic mass is 10.1. The zero-order chi connectivity index (χ0) is 23.5. The highest BCUT2D eigenvalue weighted by Crippen LogP contribution is 2.35. The second kappa shape index (κ2) is 9.90. The number of aromatic nitrogens is 2. The van der Waals surface area contributed by atoms with Gasteiger partial charge in [0.05, 0.1) is 0 Å². The summed E-state index contributed by atoms with van der Waals surface area (Å²) in [4.78, 5) is 17.2. The monoisotopic (exact) mass is 483 g/mol. The largest absolute Gasteiger partial charge is 0.454 e. The standard InChI is InChI=1S/C24H26ClN5O4/c1-16-3-5-18(25)14-19(16)30-11-9-29(10-12-30)8-2-7-26-22(31)24-28-27-23(34-24)17-4-6-20-21(13-17)33-15-32-20/h3-6,13-14H,2,7-12,15H2,1H3,(H,26,31). The predicted molar refractivity (Wildman–Crippen MR) is 128 cm³/mol. The molecule has 3 aromatic rings. The van der Waals surface area contributed by atoms with E-state index in [0.29, 0.717) is 23.6 Å². The van der Waals surface area contributed by atoms with Gasteiger partial charge in [-0.3, -0.25) is 9.69 Å². The maximum absolute atomic E-state index is 12.4. The summed E-state index contributed by atoms with van der Waals surface area (Å²) in [7, 11) is 0. The maximum atomic E-state index is 12.4. The fraction of sp³-hybridized carbons (Fsp3) is 0.375. The lowest BCUT2D eigenvalue weighted by Crippen LogP contribution is -2.47. The third kappa shape index (κ3) is 4.95. The predicted octanol–water partition coefficient (Wildman–Crippen LogP) is 3.37. The van der Waals surface area contributed by atoms with Gasteiger partial charge in [0, 0.05) is 49.0 Å². The molecule has 1 N–H and O–H groups in total. The van der Waals surface area contributed by atoms with E-state index in [1.807, 2.05) is 12.1 Å². The molecular formula is C24H26ClN5O4. The van der Waals surface area contributed by atoms with Crippen LogP contribution in [0.3, 0.4) is 0 Å². The van der Waals surface area contributed by atoms with Crippen molar-refractivity contribution in [1.82, 2.24) is 20.4 Å². The molecular weight excluding hydrogens is 458 g/mol. The number of piperazine rings is 1. The average Bonchev–Trinajstić information content (AvgIpc) is 3.53. The fourth-order valence-corrected chi connectivity index (χ4v) is 4.34. The first-order valence-electron chi connectivity index (χ1n) is 11.3. The van der Waals surface area contributed by atoms with Crippen LogP contribution < -0.4 is 19.7 Å². The molecule has 178 valence electrons. The average molecular weight is 484 g/mol. The highest BCUT2D eigenvalue weighted by atomic mass is 35.5. The van der Waals surface area contributed by atoms with Crippen LogP contribution in [0.2, 0.25) is 5.02 Å². The Morgan fingerprint density at radius 3 is 2.74 bits per heavy atom. The zero-order valence-electron chi connectivity index (χ0n) is 18.9. The van der Waals surface area contributed by atoms with Gasteiger partial charge in [-0.1, -0.05) is 17.7 Å². The van der Waals surface area contributed by atoms with E-state index in [9.17, 15) is 4.79 Å². The molecule has 3 heterocycles. The van der Waals surface area contributed by atoms with Gasteiger partial charge in [0.1, 0.15) is 0 Å². The van der Waals surface area contributed by atoms with Crippen molar-refractivity contribution in [1.29, 1.82) is 0 Å². The number of hydrogen-bond donors (Lipinski definition) is 1. The van der Waals surface area contributed by atoms with E-state index < -0.39 is 0 Å². The molecule has 10 heteroatoms. The number of halogens is 1. The van der Waals surface area contributed by atoms with Gasteiger partial charge in [-0.2, -0.15) is 0 Å². The molecule has 9 nitrogen and oxygen atoms in total. The number of benzene rings is 2. The molecule has 0 aliphatic carbocycles. The van der Waals surface area contributed by atoms with Gasteiger partial charge in [0.25, 0.3) is 0 Å². The zero-order valence-corrected chi connectivity index (χ0v) is 19.7. The summed E-state index contributed by atoms with van der Waals surface area (Å²) in [6, 6.07) is 11.3. The maximum Gasteiger partial charge on any atom is 0.308 e. The summed E-state index contributed by atoms with van der Waals surface area (Å²) in [6.45, 7) is 7.61. The van der Waals surface area contributed by atoms with Crippen molar-refractivity contribution in [3.05, 3.63) is 52.9 Å². The Bertz CT molecular complexity index is 1180. The van der Waals surface area contributed by atoms with Crippen LogP contribution in [0, 0.1) is 6.92 Å². The number of rotatable bonds is 7. The van der Waals surface area contributed by atoms with Crippen molar-refractivity contribution < 1.29 is 18.7 Å². The lowest BCUT2D eigenvalue weighted by Gasteiger charge is -2.36. The van der Waals surface area contributed by atoms with Crippen LogP contribution in [0.4, 0.5) is 5.69 Å². The van der Waals surface area contributed by atoms with E-state index in [4.69, 9.17) is 25.5 Å². The smallest absolute Gasteiger partial charge is 0.308 e. The first-order valence-corrected chi connectivity index (χ1v) is 11.7. The second-order valence-electron chi connectivity index (χ2n) is 8.35. The van der Waals surface area contributed by atoms with Crippen LogP contribution in [-0.4, -0.2) is 67.1 Å². The summed E-state index contributed by atoms with van der Waals surface area (Å²) < 4.78 is 16.2. The molecule has 0 saturated carbocycles. The number of amides is 1. The Balaban J connectivity index is 1.05. The van der Waals surface area contributed by atoms with Gasteiger partial charge in [-0.25, -0.2) is 0 Å². The number of nitrogens with one attached hydrogen (secondary N) is 1. The van der Waals surface area contributed by atoms with Crippen LogP contribution >= 0.6 is 11.6 Å². The number of hydrogen-bond acceptors (Lipinski definition) is 8. The molecule has 1 amide bonds. The van der Waals surface area contributed by atoms with E-state index in [-0.39, 0.29) is 24.5 Å². The third-order valence-electron chi connectivity index (χ3n) is 6.06. The van der Waals surface area contributed by atoms with Gasteiger partial charge in [0.2, 0.25) is 12.7 Å². The Labute approximate surface area is 202 Å². The summed E-state index contributed by atoms with van der Waals surface area (Å²) in [5.41, 5.74) is 3.12. The number of nitrogens with zero attached hydrogens (tertiary/aromatic N) is 4. The highest BCUT2D eigenvalue weighted by molar-refractivity contribution is 6.30. The van der Waals surface area contributed by atoms with Crippen molar-refractivity contribution in [3.63, 3.8) is 0 Å². The van der Waals surface area contributed by atoms with Crippen molar-refractivity contribution in [2.75, 3.05) is 51.0 Å². The Morgan fingerprint density at radius 2 is 1.88 bits per heavy atom. The minimum absolute atomic E-state index is 0.0572. The second-order valence-corrected chi connectivity index (χ2v) is 8.79. The quantitative estimate of drug-likeness (QED) is 0.511. The molecule has 0 unspecified atom stereocenters. The lowest BCUT2D eigenvalue weighted by molar-refractivity contribution is 0.0917. The van der Waals surface area contributed by atoms with Gasteiger partial charge in [-0.15, -0.1) is 10.2 Å². The van der Waals surface area contributed by atoms with E-state index in [1.54, 1.807) is 18.2 Å². The molecule has 2 aliphatic heterocycles. The van der Waals surface area contributed by atoms with Crippen molar-refractivity contribution in [3.8, 4) is 23.0 Å². The van der Waals surface area contributed by atoms with E-state index in [0.717, 1.165) is 44.2 Å². The molecule has 2 aliphatic rings. The molecule has 2 aromatic carbocycles. The number of fused-ring (bicyclic) bond motifs is 1. The summed E-state index contributed by atoms with van der Waals surface area (Å²) >= 11 is 6.18. The molecule has 0 bridgehead atoms. The number of carbonyl (C=O) groups is 1. The Kier molecular flexibility index (Phi) is 6.55. The van der Waals surface area contributed by atoms with Crippen LogP contribution in [0.15, 0.2) is 40.8 Å². The SMILES string of the molecule is Cc1ccc(Cl)cc1N1CCN(CCCNC(=O)c2nnc(-c3ccc4c(c3)OCO4)o2)CC1. The van der Waals surface area contributed by atoms with E-state index in [2.05, 4.69) is 38.3 Å². The Hall–Kier alpha value is -3.30. The first-order chi connectivity index (χ1) is 16.6. The van der Waals surface area contributed by atoms with Gasteiger partial charge in [0.15, 0.2) is 11.5 Å². The number of carbonyl (C=O) groups excluding carboxylic acids is 1. The molecule has 1 saturated heterocycles. The van der Waals surface area contributed by atoms with Crippen LogP contribution in [0.25, 0.3) is 11.5 Å². The highest BCUT2D eigenvalue weighted by Gasteiger charge is 2.20. The van der Waals surface area contributed by atoms with Crippen molar-refractivity contribution >= 4 is 23.2 Å². The molecule has 5 rings (SSSR count). The summed E-state index contributed by atoms with van der Waals surface area (Å²) in [6.07, 6.45) is 0.838. The molecule has 0 radical (unpaired) electrons. The minimum Gasteiger partial charge on any atom is -0.454 e. The number of ether oxygens (including phenoxy) is 2. The number of aryl methyl sites for hydroxylation is 1. The van der Waals surface area contributed by atoms with Gasteiger partial charge >= 0.3 is 11.8 Å². The van der Waals surface area contributed by atoms with E-state index in [1.165, 1.54) is 11.3 Å². The molecule has 1 aromatic heterocycles. The number of anilines is 1. The molecule has 34 heavy (non-hydrogen) atoms.